The van der Waals surface area contributed by atoms with Gasteiger partial charge in [-0.3, -0.25) is 0 Å². The molecule has 2 bridgehead atoms. The largest absolute Gasteiger partial charge is 0.390 e. The van der Waals surface area contributed by atoms with Gasteiger partial charge in [0.05, 0.1) is 30.5 Å². The molecule has 0 amide bonds. The third-order valence-electron chi connectivity index (χ3n) is 3.86. The Hall–Kier alpha value is -0.340. The van der Waals surface area contributed by atoms with E-state index in [1.807, 2.05) is 6.08 Å². The average molecular weight is 329 g/mol. The monoisotopic (exact) mass is 328 g/mol. The topological polar surface area (TPSA) is 38.7 Å². The Morgan fingerprint density at radius 2 is 2.05 bits per heavy atom. The summed E-state index contributed by atoms with van der Waals surface area (Å²) in [6.45, 7) is 2.10. The van der Waals surface area contributed by atoms with Crippen molar-refractivity contribution in [2.45, 2.75) is 68.0 Å². The lowest BCUT2D eigenvalue weighted by atomic mass is 9.97. The van der Waals surface area contributed by atoms with E-state index in [9.17, 15) is 5.11 Å². The van der Waals surface area contributed by atoms with Crippen LogP contribution < -0.4 is 0 Å². The van der Waals surface area contributed by atoms with E-state index < -0.39 is 6.10 Å². The first-order valence-electron chi connectivity index (χ1n) is 6.89. The van der Waals surface area contributed by atoms with Crippen LogP contribution in [0.3, 0.4) is 0 Å². The van der Waals surface area contributed by atoms with Crippen molar-refractivity contribution in [2.24, 2.45) is 0 Å². The number of aliphatic hydroxyl groups is 1. The second-order valence-corrected chi connectivity index (χ2v) is 6.37. The van der Waals surface area contributed by atoms with Gasteiger partial charge >= 0.3 is 0 Å². The summed E-state index contributed by atoms with van der Waals surface area (Å²) in [4.78, 5) is 0.182. The highest BCUT2D eigenvalue weighted by molar-refractivity contribution is 9.09. The molecule has 4 heteroatoms. The van der Waals surface area contributed by atoms with Gasteiger partial charge in [-0.1, -0.05) is 34.9 Å². The fraction of sp³-hybridized carbons (Fsp3) is 0.733. The minimum absolute atomic E-state index is 0.00361. The molecule has 2 aliphatic rings. The standard InChI is InChI=1S/C15H21BrO3/c1-3-5-6-7-13-15-9-14(19-13)11(17)8-10(16)12(4-2)18-15/h1,5-6,10-15,17H,4,7-9H2,2H3/t10-,11+,12?,13+,14+,15+/m0/s1. The maximum atomic E-state index is 10.2. The quantitative estimate of drug-likeness (QED) is 0.638. The lowest BCUT2D eigenvalue weighted by Gasteiger charge is -2.30. The second kappa shape index (κ2) is 6.90. The fourth-order valence-corrected chi connectivity index (χ4v) is 3.69. The van der Waals surface area contributed by atoms with Crippen LogP contribution >= 0.6 is 15.9 Å². The average Bonchev–Trinajstić information content (AvgIpc) is 2.79. The van der Waals surface area contributed by atoms with Gasteiger partial charge in [-0.25, -0.2) is 0 Å². The van der Waals surface area contributed by atoms with Crippen molar-refractivity contribution in [3.05, 3.63) is 12.2 Å². The zero-order valence-electron chi connectivity index (χ0n) is 11.2. The number of hydrogen-bond donors (Lipinski definition) is 1. The van der Waals surface area contributed by atoms with Crippen LogP contribution in [-0.2, 0) is 9.47 Å². The molecular formula is C15H21BrO3. The summed E-state index contributed by atoms with van der Waals surface area (Å²) in [6, 6.07) is 0. The molecule has 0 aromatic heterocycles. The van der Waals surface area contributed by atoms with Crippen LogP contribution in [0, 0.1) is 12.3 Å². The Labute approximate surface area is 123 Å². The van der Waals surface area contributed by atoms with Crippen molar-refractivity contribution in [1.82, 2.24) is 0 Å². The van der Waals surface area contributed by atoms with Crippen molar-refractivity contribution in [2.75, 3.05) is 0 Å². The van der Waals surface area contributed by atoms with Gasteiger partial charge < -0.3 is 14.6 Å². The molecule has 106 valence electrons. The summed E-state index contributed by atoms with van der Waals surface area (Å²) in [6.07, 6.45) is 11.6. The summed E-state index contributed by atoms with van der Waals surface area (Å²) in [7, 11) is 0. The Bertz CT molecular complexity index is 363. The SMILES string of the molecule is C#CC=CC[C@H]1O[C@@H]2C[C@H]1OC(CC)[C@@H](Br)C[C@H]2O. The summed E-state index contributed by atoms with van der Waals surface area (Å²) in [5.74, 6) is 2.48. The summed E-state index contributed by atoms with van der Waals surface area (Å²) >= 11 is 3.63. The van der Waals surface area contributed by atoms with Gasteiger partial charge in [-0.15, -0.1) is 6.42 Å². The lowest BCUT2D eigenvalue weighted by Crippen LogP contribution is -2.38. The molecule has 0 radical (unpaired) electrons. The molecule has 2 fully saturated rings. The van der Waals surface area contributed by atoms with E-state index in [-0.39, 0.29) is 29.2 Å². The van der Waals surface area contributed by atoms with Crippen LogP contribution in [0.4, 0.5) is 0 Å². The molecule has 2 aliphatic heterocycles. The van der Waals surface area contributed by atoms with E-state index in [0.29, 0.717) is 6.42 Å². The number of ether oxygens (including phenoxy) is 2. The molecule has 6 atom stereocenters. The molecule has 0 saturated carbocycles. The second-order valence-electron chi connectivity index (χ2n) is 5.19. The van der Waals surface area contributed by atoms with Gasteiger partial charge in [0.15, 0.2) is 0 Å². The summed E-state index contributed by atoms with van der Waals surface area (Å²) in [5, 5.41) is 10.2. The summed E-state index contributed by atoms with van der Waals surface area (Å²) in [5.41, 5.74) is 0. The molecule has 0 spiro atoms. The molecule has 1 N–H and O–H groups in total. The van der Waals surface area contributed by atoms with Gasteiger partial charge in [-0.2, -0.15) is 0 Å². The first-order valence-corrected chi connectivity index (χ1v) is 7.81. The molecular weight excluding hydrogens is 308 g/mol. The van der Waals surface area contributed by atoms with Crippen molar-refractivity contribution < 1.29 is 14.6 Å². The minimum Gasteiger partial charge on any atom is -0.390 e. The molecule has 0 aliphatic carbocycles. The first-order chi connectivity index (χ1) is 9.15. The highest BCUT2D eigenvalue weighted by Crippen LogP contribution is 2.35. The normalized spacial score (nSPS) is 42.8. The van der Waals surface area contributed by atoms with E-state index in [1.165, 1.54) is 0 Å². The molecule has 0 aromatic carbocycles. The van der Waals surface area contributed by atoms with Crippen molar-refractivity contribution in [1.29, 1.82) is 0 Å². The third-order valence-corrected chi connectivity index (χ3v) is 4.83. The molecule has 1 unspecified atom stereocenters. The van der Waals surface area contributed by atoms with E-state index in [0.717, 1.165) is 19.3 Å². The predicted octanol–water partition coefficient (Wildman–Crippen LogP) is 2.42. The summed E-state index contributed by atoms with van der Waals surface area (Å²) < 4.78 is 12.1. The Morgan fingerprint density at radius 3 is 2.74 bits per heavy atom. The number of terminal acetylenes is 1. The molecule has 19 heavy (non-hydrogen) atoms. The fourth-order valence-electron chi connectivity index (χ4n) is 2.81. The molecule has 0 aromatic rings. The highest BCUT2D eigenvalue weighted by atomic mass is 79.9. The highest BCUT2D eigenvalue weighted by Gasteiger charge is 2.43. The zero-order valence-corrected chi connectivity index (χ0v) is 12.8. The third kappa shape index (κ3) is 3.61. The minimum atomic E-state index is -0.425. The van der Waals surface area contributed by atoms with Gasteiger partial charge in [0.2, 0.25) is 0 Å². The number of allylic oxidation sites excluding steroid dienone is 1. The number of halogens is 1. The zero-order chi connectivity index (χ0) is 13.8. The van der Waals surface area contributed by atoms with E-state index >= 15 is 0 Å². The maximum absolute atomic E-state index is 10.2. The van der Waals surface area contributed by atoms with E-state index in [2.05, 4.69) is 28.8 Å². The number of hydrogen-bond acceptors (Lipinski definition) is 3. The molecule has 2 saturated heterocycles. The smallest absolute Gasteiger partial charge is 0.0877 e. The van der Waals surface area contributed by atoms with Crippen LogP contribution in [-0.4, -0.2) is 40.5 Å². The molecule has 3 nitrogen and oxygen atoms in total. The molecule has 2 rings (SSSR count). The van der Waals surface area contributed by atoms with Gasteiger partial charge in [0, 0.05) is 11.2 Å². The maximum Gasteiger partial charge on any atom is 0.0877 e. The molecule has 2 heterocycles. The number of rotatable bonds is 3. The Morgan fingerprint density at radius 1 is 1.32 bits per heavy atom. The van der Waals surface area contributed by atoms with Crippen LogP contribution in [0.2, 0.25) is 0 Å². The lowest BCUT2D eigenvalue weighted by molar-refractivity contribution is -0.0532. The van der Waals surface area contributed by atoms with Crippen LogP contribution in [0.5, 0.6) is 0 Å². The van der Waals surface area contributed by atoms with Gasteiger partial charge in [-0.05, 0) is 25.3 Å². The Kier molecular flexibility index (Phi) is 5.47. The van der Waals surface area contributed by atoms with Crippen molar-refractivity contribution in [3.63, 3.8) is 0 Å². The van der Waals surface area contributed by atoms with Crippen molar-refractivity contribution in [3.8, 4) is 12.3 Å². The number of fused-ring (bicyclic) bond motifs is 2. The number of aliphatic hydroxyl groups excluding tert-OH is 1. The van der Waals surface area contributed by atoms with Gasteiger partial charge in [0.1, 0.15) is 0 Å². The van der Waals surface area contributed by atoms with E-state index in [1.54, 1.807) is 6.08 Å². The Balaban J connectivity index is 2.07. The van der Waals surface area contributed by atoms with Crippen molar-refractivity contribution >= 4 is 15.9 Å². The van der Waals surface area contributed by atoms with Gasteiger partial charge in [0.25, 0.3) is 0 Å². The van der Waals surface area contributed by atoms with E-state index in [4.69, 9.17) is 15.9 Å². The van der Waals surface area contributed by atoms with Crippen LogP contribution in [0.15, 0.2) is 12.2 Å². The van der Waals surface area contributed by atoms with Crippen LogP contribution in [0.25, 0.3) is 0 Å². The van der Waals surface area contributed by atoms with Crippen LogP contribution in [0.1, 0.15) is 32.6 Å². The predicted molar refractivity (Wildman–Crippen MR) is 78.2 cm³/mol. The number of alkyl halides is 1. The first kappa shape index (κ1) is 15.1.